The van der Waals surface area contributed by atoms with Gasteiger partial charge in [0.25, 0.3) is 0 Å². The largest absolute Gasteiger partial charge is 0.330 e. The third kappa shape index (κ3) is 6.54. The van der Waals surface area contributed by atoms with Crippen LogP contribution in [0.4, 0.5) is 0 Å². The summed E-state index contributed by atoms with van der Waals surface area (Å²) in [6.45, 7) is 11.1. The van der Waals surface area contributed by atoms with E-state index in [2.05, 4.69) is 27.7 Å². The van der Waals surface area contributed by atoms with Gasteiger partial charge in [0.2, 0.25) is 0 Å². The summed E-state index contributed by atoms with van der Waals surface area (Å²) in [5.74, 6) is 2.78. The molecule has 0 aromatic carbocycles. The van der Waals surface area contributed by atoms with Gasteiger partial charge in [0.15, 0.2) is 0 Å². The smallest absolute Gasteiger partial charge is 0.00721 e. The molecule has 2 N–H and O–H groups in total. The van der Waals surface area contributed by atoms with Crippen molar-refractivity contribution >= 4 is 0 Å². The maximum absolute atomic E-state index is 5.94. The van der Waals surface area contributed by atoms with Crippen molar-refractivity contribution in [1.82, 2.24) is 0 Å². The minimum absolute atomic E-state index is 0.431. The van der Waals surface area contributed by atoms with E-state index in [1.807, 2.05) is 0 Å². The zero-order valence-electron chi connectivity index (χ0n) is 18.6. The fourth-order valence-electron chi connectivity index (χ4n) is 6.48. The summed E-state index contributed by atoms with van der Waals surface area (Å²) in [4.78, 5) is 0. The molecule has 0 spiro atoms. The highest BCUT2D eigenvalue weighted by Gasteiger charge is 2.41. The summed E-state index contributed by atoms with van der Waals surface area (Å²) in [5, 5.41) is 0. The van der Waals surface area contributed by atoms with Gasteiger partial charge in [0.05, 0.1) is 0 Å². The molecule has 0 aromatic rings. The van der Waals surface area contributed by atoms with Crippen molar-refractivity contribution in [2.24, 2.45) is 34.3 Å². The molecule has 0 aliphatic heterocycles. The van der Waals surface area contributed by atoms with Gasteiger partial charge in [-0.2, -0.15) is 0 Å². The van der Waals surface area contributed by atoms with Crippen LogP contribution in [0.5, 0.6) is 0 Å². The second kappa shape index (κ2) is 10.5. The van der Waals surface area contributed by atoms with Crippen LogP contribution >= 0.6 is 0 Å². The SMILES string of the molecule is CC(C)(CC1CCC[C@@H]1C(C)(C)CCN)C1CCCCCCCCCC1. The van der Waals surface area contributed by atoms with Crippen LogP contribution in [0.25, 0.3) is 0 Å². The van der Waals surface area contributed by atoms with Crippen LogP contribution in [0.3, 0.4) is 0 Å². The molecule has 0 saturated heterocycles. The monoisotopic (exact) mass is 363 g/mol. The lowest BCUT2D eigenvalue weighted by molar-refractivity contribution is 0.0808. The van der Waals surface area contributed by atoms with Crippen LogP contribution < -0.4 is 5.73 Å². The Morgan fingerprint density at radius 3 is 1.73 bits per heavy atom. The lowest BCUT2D eigenvalue weighted by Crippen LogP contribution is -2.34. The Morgan fingerprint density at radius 1 is 0.654 bits per heavy atom. The van der Waals surface area contributed by atoms with Crippen molar-refractivity contribution in [2.75, 3.05) is 6.54 Å². The lowest BCUT2D eigenvalue weighted by Gasteiger charge is -2.42. The van der Waals surface area contributed by atoms with E-state index < -0.39 is 0 Å². The summed E-state index contributed by atoms with van der Waals surface area (Å²) in [6, 6.07) is 0. The summed E-state index contributed by atoms with van der Waals surface area (Å²) in [7, 11) is 0. The summed E-state index contributed by atoms with van der Waals surface area (Å²) in [5.41, 5.74) is 6.89. The standard InChI is InChI=1S/C25H49N/c1-24(2,18-19-26)23-17-13-14-21(23)20-25(3,4)22-15-11-9-7-5-6-8-10-12-16-22/h21-23H,5-20,26H2,1-4H3/t21?,23-/m0/s1. The van der Waals surface area contributed by atoms with Gasteiger partial charge < -0.3 is 5.73 Å². The van der Waals surface area contributed by atoms with Gasteiger partial charge >= 0.3 is 0 Å². The highest BCUT2D eigenvalue weighted by atomic mass is 14.6. The Morgan fingerprint density at radius 2 is 1.19 bits per heavy atom. The minimum Gasteiger partial charge on any atom is -0.330 e. The molecule has 0 heterocycles. The highest BCUT2D eigenvalue weighted by Crippen LogP contribution is 2.51. The molecule has 2 rings (SSSR count). The number of rotatable bonds is 6. The van der Waals surface area contributed by atoms with E-state index in [1.165, 1.54) is 96.3 Å². The van der Waals surface area contributed by atoms with Gasteiger partial charge in [-0.25, -0.2) is 0 Å². The van der Waals surface area contributed by atoms with Crippen molar-refractivity contribution in [1.29, 1.82) is 0 Å². The molecule has 2 saturated carbocycles. The molecule has 2 aliphatic carbocycles. The molecule has 2 fully saturated rings. The first-order valence-corrected chi connectivity index (χ1v) is 12.1. The van der Waals surface area contributed by atoms with Crippen LogP contribution in [-0.4, -0.2) is 6.54 Å². The maximum atomic E-state index is 5.94. The molecule has 26 heavy (non-hydrogen) atoms. The second-order valence-corrected chi connectivity index (χ2v) is 11.1. The Balaban J connectivity index is 1.99. The van der Waals surface area contributed by atoms with Crippen molar-refractivity contribution < 1.29 is 0 Å². The molecule has 0 aromatic heterocycles. The molecule has 2 atom stereocenters. The first-order valence-electron chi connectivity index (χ1n) is 12.1. The topological polar surface area (TPSA) is 26.0 Å². The molecule has 0 amide bonds. The Hall–Kier alpha value is -0.0400. The first-order chi connectivity index (χ1) is 12.4. The normalized spacial score (nSPS) is 28.0. The van der Waals surface area contributed by atoms with Gasteiger partial charge in [-0.15, -0.1) is 0 Å². The van der Waals surface area contributed by atoms with E-state index in [1.54, 1.807) is 0 Å². The lowest BCUT2D eigenvalue weighted by atomic mass is 9.63. The van der Waals surface area contributed by atoms with Gasteiger partial charge in [0.1, 0.15) is 0 Å². The van der Waals surface area contributed by atoms with Crippen molar-refractivity contribution in [2.45, 2.75) is 124 Å². The van der Waals surface area contributed by atoms with Crippen LogP contribution in [0.2, 0.25) is 0 Å². The fourth-order valence-corrected chi connectivity index (χ4v) is 6.48. The Kier molecular flexibility index (Phi) is 8.98. The average Bonchev–Trinajstić information content (AvgIpc) is 2.99. The second-order valence-electron chi connectivity index (χ2n) is 11.1. The van der Waals surface area contributed by atoms with E-state index >= 15 is 0 Å². The van der Waals surface area contributed by atoms with Gasteiger partial charge in [0, 0.05) is 0 Å². The predicted octanol–water partition coefficient (Wildman–Crippen LogP) is 7.72. The molecule has 0 radical (unpaired) electrons. The van der Waals surface area contributed by atoms with Gasteiger partial charge in [-0.1, -0.05) is 91.9 Å². The molecular weight excluding hydrogens is 314 g/mol. The van der Waals surface area contributed by atoms with E-state index in [-0.39, 0.29) is 0 Å². The summed E-state index contributed by atoms with van der Waals surface area (Å²) in [6.07, 6.45) is 21.8. The third-order valence-electron chi connectivity index (χ3n) is 8.20. The van der Waals surface area contributed by atoms with E-state index in [4.69, 9.17) is 5.73 Å². The third-order valence-corrected chi connectivity index (χ3v) is 8.20. The maximum Gasteiger partial charge on any atom is -0.00721 e. The molecule has 1 unspecified atom stereocenters. The van der Waals surface area contributed by atoms with E-state index in [9.17, 15) is 0 Å². The first kappa shape index (κ1) is 22.3. The highest BCUT2D eigenvalue weighted by molar-refractivity contribution is 4.92. The molecule has 1 nitrogen and oxygen atoms in total. The molecular formula is C25H49N. The number of hydrogen-bond donors (Lipinski definition) is 1. The Bertz CT molecular complexity index is 372. The van der Waals surface area contributed by atoms with Crippen LogP contribution in [-0.2, 0) is 0 Å². The zero-order chi connectivity index (χ0) is 19.0. The number of nitrogens with two attached hydrogens (primary N) is 1. The van der Waals surface area contributed by atoms with Crippen LogP contribution in [0.1, 0.15) is 124 Å². The quantitative estimate of drug-likeness (QED) is 0.513. The Labute approximate surface area is 165 Å². The van der Waals surface area contributed by atoms with Crippen LogP contribution in [0.15, 0.2) is 0 Å². The van der Waals surface area contributed by atoms with Gasteiger partial charge in [-0.05, 0) is 67.2 Å². The van der Waals surface area contributed by atoms with Crippen molar-refractivity contribution in [3.05, 3.63) is 0 Å². The summed E-state index contributed by atoms with van der Waals surface area (Å²) >= 11 is 0. The van der Waals surface area contributed by atoms with Crippen molar-refractivity contribution in [3.63, 3.8) is 0 Å². The average molecular weight is 364 g/mol. The molecule has 154 valence electrons. The van der Waals surface area contributed by atoms with Gasteiger partial charge in [-0.3, -0.25) is 0 Å². The summed E-state index contributed by atoms with van der Waals surface area (Å²) < 4.78 is 0. The molecule has 0 bridgehead atoms. The van der Waals surface area contributed by atoms with E-state index in [0.717, 1.165) is 24.3 Å². The minimum atomic E-state index is 0.431. The zero-order valence-corrected chi connectivity index (χ0v) is 18.6. The molecule has 2 aliphatic rings. The fraction of sp³-hybridized carbons (Fsp3) is 1.00. The molecule has 1 heteroatoms. The predicted molar refractivity (Wildman–Crippen MR) is 116 cm³/mol. The van der Waals surface area contributed by atoms with Crippen molar-refractivity contribution in [3.8, 4) is 0 Å². The number of hydrogen-bond acceptors (Lipinski definition) is 1. The van der Waals surface area contributed by atoms with E-state index in [0.29, 0.717) is 10.8 Å². The van der Waals surface area contributed by atoms with Crippen LogP contribution in [0, 0.1) is 28.6 Å².